The van der Waals surface area contributed by atoms with Crippen LogP contribution in [0, 0.1) is 13.8 Å². The molecule has 2 aromatic heterocycles. The largest absolute Gasteiger partial charge is 0.437 e. The van der Waals surface area contributed by atoms with Gasteiger partial charge >= 0.3 is 0 Å². The molecule has 0 aliphatic heterocycles. The van der Waals surface area contributed by atoms with Crippen molar-refractivity contribution in [3.8, 4) is 11.6 Å². The van der Waals surface area contributed by atoms with Crippen molar-refractivity contribution in [1.82, 2.24) is 15.0 Å². The standard InChI is InChI=1S/C17H15Cl2N5O/c1-9-5-12(6-10(2)14(9)19)25-17-15(20)16(22-8-23-17)24-13-4-3-11(18)7-21-13/h3-8H,20H2,1-2H3,(H,21,22,23,24). The van der Waals surface area contributed by atoms with Crippen LogP contribution in [0.2, 0.25) is 10.0 Å². The molecule has 0 bridgehead atoms. The van der Waals surface area contributed by atoms with Gasteiger partial charge < -0.3 is 15.8 Å². The molecule has 0 aliphatic carbocycles. The summed E-state index contributed by atoms with van der Waals surface area (Å²) in [6.07, 6.45) is 2.89. The first-order chi connectivity index (χ1) is 11.9. The Bertz CT molecular complexity index is 892. The Hall–Kier alpha value is -2.57. The molecule has 3 aromatic rings. The lowest BCUT2D eigenvalue weighted by molar-refractivity contribution is 0.464. The molecule has 0 amide bonds. The van der Waals surface area contributed by atoms with E-state index in [1.165, 1.54) is 12.5 Å². The fourth-order valence-electron chi connectivity index (χ4n) is 2.21. The number of nitrogen functional groups attached to an aromatic ring is 1. The van der Waals surface area contributed by atoms with E-state index in [0.717, 1.165) is 11.1 Å². The molecule has 0 unspecified atom stereocenters. The summed E-state index contributed by atoms with van der Waals surface area (Å²) in [7, 11) is 0. The third kappa shape index (κ3) is 3.92. The molecular weight excluding hydrogens is 361 g/mol. The fraction of sp³-hybridized carbons (Fsp3) is 0.118. The topological polar surface area (TPSA) is 86.0 Å². The van der Waals surface area contributed by atoms with Gasteiger partial charge in [-0.3, -0.25) is 0 Å². The highest BCUT2D eigenvalue weighted by atomic mass is 35.5. The Kier molecular flexibility index (Phi) is 4.92. The van der Waals surface area contributed by atoms with Crippen molar-refractivity contribution in [3.05, 3.63) is 58.0 Å². The van der Waals surface area contributed by atoms with Crippen LogP contribution in [-0.4, -0.2) is 15.0 Å². The molecular formula is C17H15Cl2N5O. The average molecular weight is 376 g/mol. The molecule has 3 N–H and O–H groups in total. The number of nitrogens with one attached hydrogen (secondary N) is 1. The van der Waals surface area contributed by atoms with Gasteiger partial charge in [0.25, 0.3) is 0 Å². The summed E-state index contributed by atoms with van der Waals surface area (Å²) < 4.78 is 5.81. The van der Waals surface area contributed by atoms with E-state index in [9.17, 15) is 0 Å². The molecule has 6 nitrogen and oxygen atoms in total. The van der Waals surface area contributed by atoms with Crippen molar-refractivity contribution < 1.29 is 4.74 Å². The maximum absolute atomic E-state index is 6.18. The lowest BCUT2D eigenvalue weighted by Gasteiger charge is -2.12. The molecule has 25 heavy (non-hydrogen) atoms. The van der Waals surface area contributed by atoms with Gasteiger partial charge in [-0.2, -0.15) is 4.98 Å². The Labute approximate surface area is 155 Å². The Morgan fingerprint density at radius 1 is 1.04 bits per heavy atom. The first-order valence-corrected chi connectivity index (χ1v) is 8.13. The molecule has 0 fully saturated rings. The number of anilines is 3. The maximum Gasteiger partial charge on any atom is 0.248 e. The first-order valence-electron chi connectivity index (χ1n) is 7.37. The highest BCUT2D eigenvalue weighted by Gasteiger charge is 2.12. The Morgan fingerprint density at radius 2 is 1.76 bits per heavy atom. The molecule has 0 atom stereocenters. The number of halogens is 2. The highest BCUT2D eigenvalue weighted by molar-refractivity contribution is 6.32. The van der Waals surface area contributed by atoms with Gasteiger partial charge in [0.2, 0.25) is 5.88 Å². The van der Waals surface area contributed by atoms with E-state index in [2.05, 4.69) is 20.3 Å². The third-order valence-corrected chi connectivity index (χ3v) is 4.27. The van der Waals surface area contributed by atoms with E-state index >= 15 is 0 Å². The minimum absolute atomic E-state index is 0.243. The van der Waals surface area contributed by atoms with Crippen LogP contribution in [0.5, 0.6) is 11.6 Å². The summed E-state index contributed by atoms with van der Waals surface area (Å²) in [6, 6.07) is 7.08. The number of rotatable bonds is 4. The van der Waals surface area contributed by atoms with Crippen LogP contribution in [-0.2, 0) is 0 Å². The average Bonchev–Trinajstić information content (AvgIpc) is 2.58. The summed E-state index contributed by atoms with van der Waals surface area (Å²) in [4.78, 5) is 12.4. The lowest BCUT2D eigenvalue weighted by atomic mass is 10.1. The van der Waals surface area contributed by atoms with Gasteiger partial charge in [0.1, 0.15) is 23.6 Å². The van der Waals surface area contributed by atoms with Gasteiger partial charge in [-0.05, 0) is 49.2 Å². The number of aryl methyl sites for hydroxylation is 2. The molecule has 0 radical (unpaired) electrons. The molecule has 0 aliphatic rings. The van der Waals surface area contributed by atoms with Gasteiger partial charge in [0.05, 0.1) is 5.02 Å². The van der Waals surface area contributed by atoms with E-state index in [-0.39, 0.29) is 11.6 Å². The summed E-state index contributed by atoms with van der Waals surface area (Å²) in [5.74, 6) is 1.79. The van der Waals surface area contributed by atoms with Crippen molar-refractivity contribution in [3.63, 3.8) is 0 Å². The minimum atomic E-state index is 0.243. The first kappa shape index (κ1) is 17.3. The molecule has 0 spiro atoms. The molecule has 128 valence electrons. The second-order valence-corrected chi connectivity index (χ2v) is 6.22. The number of hydrogen-bond acceptors (Lipinski definition) is 6. The zero-order valence-corrected chi connectivity index (χ0v) is 15.1. The van der Waals surface area contributed by atoms with E-state index in [0.29, 0.717) is 27.4 Å². The number of pyridine rings is 1. The van der Waals surface area contributed by atoms with E-state index < -0.39 is 0 Å². The second kappa shape index (κ2) is 7.13. The zero-order valence-electron chi connectivity index (χ0n) is 13.5. The third-order valence-electron chi connectivity index (χ3n) is 3.45. The molecule has 1 aromatic carbocycles. The molecule has 8 heteroatoms. The maximum atomic E-state index is 6.18. The zero-order chi connectivity index (χ0) is 18.0. The predicted octanol–water partition coefficient (Wildman–Crippen LogP) is 4.91. The van der Waals surface area contributed by atoms with Crippen LogP contribution in [0.25, 0.3) is 0 Å². The number of nitrogens with zero attached hydrogens (tertiary/aromatic N) is 3. The number of nitrogens with two attached hydrogens (primary N) is 1. The normalized spacial score (nSPS) is 10.6. The van der Waals surface area contributed by atoms with E-state index in [4.69, 9.17) is 33.7 Å². The van der Waals surface area contributed by atoms with Crippen molar-refractivity contribution in [2.45, 2.75) is 13.8 Å². The van der Waals surface area contributed by atoms with E-state index in [1.54, 1.807) is 12.1 Å². The van der Waals surface area contributed by atoms with Gasteiger partial charge in [0.15, 0.2) is 5.82 Å². The van der Waals surface area contributed by atoms with Crippen LogP contribution < -0.4 is 15.8 Å². The van der Waals surface area contributed by atoms with Crippen molar-refractivity contribution >= 4 is 40.5 Å². The van der Waals surface area contributed by atoms with Gasteiger partial charge in [0, 0.05) is 11.2 Å². The molecule has 0 saturated heterocycles. The number of ether oxygens (including phenoxy) is 1. The summed E-state index contributed by atoms with van der Waals surface area (Å²) in [5.41, 5.74) is 8.21. The van der Waals surface area contributed by atoms with Crippen molar-refractivity contribution in [2.75, 3.05) is 11.1 Å². The van der Waals surface area contributed by atoms with Gasteiger partial charge in [-0.1, -0.05) is 23.2 Å². The van der Waals surface area contributed by atoms with Gasteiger partial charge in [-0.15, -0.1) is 0 Å². The summed E-state index contributed by atoms with van der Waals surface area (Å²) >= 11 is 12.0. The van der Waals surface area contributed by atoms with Crippen LogP contribution in [0.3, 0.4) is 0 Å². The number of aromatic nitrogens is 3. The molecule has 2 heterocycles. The van der Waals surface area contributed by atoms with Crippen LogP contribution in [0.1, 0.15) is 11.1 Å². The minimum Gasteiger partial charge on any atom is -0.437 e. The fourth-order valence-corrected chi connectivity index (χ4v) is 2.43. The number of hydrogen-bond donors (Lipinski definition) is 2. The van der Waals surface area contributed by atoms with Crippen LogP contribution in [0.15, 0.2) is 36.8 Å². The van der Waals surface area contributed by atoms with Gasteiger partial charge in [-0.25, -0.2) is 9.97 Å². The molecule has 0 saturated carbocycles. The Morgan fingerprint density at radius 3 is 2.40 bits per heavy atom. The second-order valence-electron chi connectivity index (χ2n) is 5.40. The van der Waals surface area contributed by atoms with Crippen LogP contribution in [0.4, 0.5) is 17.3 Å². The summed E-state index contributed by atoms with van der Waals surface area (Å²) in [5, 5.41) is 4.26. The smallest absolute Gasteiger partial charge is 0.248 e. The van der Waals surface area contributed by atoms with E-state index in [1.807, 2.05) is 26.0 Å². The molecule has 3 rings (SSSR count). The van der Waals surface area contributed by atoms with Crippen molar-refractivity contribution in [1.29, 1.82) is 0 Å². The van der Waals surface area contributed by atoms with Crippen LogP contribution >= 0.6 is 23.2 Å². The van der Waals surface area contributed by atoms with Crippen molar-refractivity contribution in [2.24, 2.45) is 0 Å². The SMILES string of the molecule is Cc1cc(Oc2ncnc(Nc3ccc(Cl)cn3)c2N)cc(C)c1Cl. The predicted molar refractivity (Wildman–Crippen MR) is 100.0 cm³/mol. The highest BCUT2D eigenvalue weighted by Crippen LogP contribution is 2.33. The summed E-state index contributed by atoms with van der Waals surface area (Å²) in [6.45, 7) is 3.81. The number of benzene rings is 1. The monoisotopic (exact) mass is 375 g/mol. The Balaban J connectivity index is 1.87. The lowest BCUT2D eigenvalue weighted by Crippen LogP contribution is -2.04. The quantitative estimate of drug-likeness (QED) is 0.673.